The minimum atomic E-state index is -0.0825. The number of halogens is 1. The molecule has 108 valence electrons. The van der Waals surface area contributed by atoms with E-state index >= 15 is 0 Å². The average Bonchev–Trinajstić information content (AvgIpc) is 2.43. The number of methoxy groups -OCH3 is 1. The maximum atomic E-state index is 13.7. The smallest absolute Gasteiger partial charge is 0.126 e. The van der Waals surface area contributed by atoms with E-state index in [-0.39, 0.29) is 5.82 Å². The van der Waals surface area contributed by atoms with Crippen molar-refractivity contribution in [2.24, 2.45) is 5.92 Å². The third-order valence-electron chi connectivity index (χ3n) is 3.35. The van der Waals surface area contributed by atoms with Gasteiger partial charge >= 0.3 is 0 Å². The van der Waals surface area contributed by atoms with Gasteiger partial charge in [-0.05, 0) is 36.9 Å². The minimum Gasteiger partial charge on any atom is -0.383 e. The monoisotopic (exact) mass is 267 g/mol. The van der Waals surface area contributed by atoms with Crippen molar-refractivity contribution in [3.8, 4) is 0 Å². The summed E-state index contributed by atoms with van der Waals surface area (Å²) < 4.78 is 18.7. The quantitative estimate of drug-likeness (QED) is 0.656. The summed E-state index contributed by atoms with van der Waals surface area (Å²) in [4.78, 5) is 0. The van der Waals surface area contributed by atoms with E-state index in [0.717, 1.165) is 38.1 Å². The molecular weight excluding hydrogens is 241 g/mol. The first-order valence-electron chi connectivity index (χ1n) is 7.21. The van der Waals surface area contributed by atoms with E-state index in [0.29, 0.717) is 5.92 Å². The molecule has 0 amide bonds. The van der Waals surface area contributed by atoms with Gasteiger partial charge in [0.2, 0.25) is 0 Å². The van der Waals surface area contributed by atoms with Crippen LogP contribution in [0.1, 0.15) is 31.7 Å². The van der Waals surface area contributed by atoms with Crippen LogP contribution >= 0.6 is 0 Å². The molecule has 1 rings (SSSR count). The van der Waals surface area contributed by atoms with Gasteiger partial charge in [0.25, 0.3) is 0 Å². The summed E-state index contributed by atoms with van der Waals surface area (Å²) in [5.41, 5.74) is 0.831. The molecule has 1 unspecified atom stereocenters. The van der Waals surface area contributed by atoms with Crippen molar-refractivity contribution in [3.05, 3.63) is 35.6 Å². The van der Waals surface area contributed by atoms with E-state index in [2.05, 4.69) is 12.2 Å². The molecule has 19 heavy (non-hydrogen) atoms. The number of hydrogen-bond donors (Lipinski definition) is 1. The molecule has 1 atom stereocenters. The van der Waals surface area contributed by atoms with Crippen molar-refractivity contribution in [1.82, 2.24) is 5.32 Å². The molecule has 0 heterocycles. The van der Waals surface area contributed by atoms with Gasteiger partial charge in [-0.15, -0.1) is 0 Å². The van der Waals surface area contributed by atoms with E-state index in [1.807, 2.05) is 12.1 Å². The molecule has 0 fully saturated rings. The lowest BCUT2D eigenvalue weighted by Gasteiger charge is -2.18. The number of hydrogen-bond acceptors (Lipinski definition) is 2. The van der Waals surface area contributed by atoms with Crippen molar-refractivity contribution in [2.75, 3.05) is 26.8 Å². The number of rotatable bonds is 10. The molecule has 0 bridgehead atoms. The van der Waals surface area contributed by atoms with Gasteiger partial charge in [-0.2, -0.15) is 0 Å². The highest BCUT2D eigenvalue weighted by molar-refractivity contribution is 5.17. The zero-order chi connectivity index (χ0) is 13.9. The third kappa shape index (κ3) is 6.69. The zero-order valence-corrected chi connectivity index (χ0v) is 12.1. The molecule has 0 aliphatic rings. The fraction of sp³-hybridized carbons (Fsp3) is 0.625. The summed E-state index contributed by atoms with van der Waals surface area (Å²) in [5.74, 6) is 0.412. The lowest BCUT2D eigenvalue weighted by Crippen LogP contribution is -2.27. The Balaban J connectivity index is 2.46. The first-order valence-corrected chi connectivity index (χ1v) is 7.21. The lowest BCUT2D eigenvalue weighted by atomic mass is 9.94. The van der Waals surface area contributed by atoms with E-state index in [1.54, 1.807) is 19.2 Å². The van der Waals surface area contributed by atoms with Crippen molar-refractivity contribution >= 4 is 0 Å². The zero-order valence-electron chi connectivity index (χ0n) is 12.1. The first-order chi connectivity index (χ1) is 9.27. The van der Waals surface area contributed by atoms with Crippen LogP contribution in [0, 0.1) is 11.7 Å². The molecule has 0 saturated heterocycles. The van der Waals surface area contributed by atoms with Crippen LogP contribution in [0.25, 0.3) is 0 Å². The Hall–Kier alpha value is -0.930. The largest absolute Gasteiger partial charge is 0.383 e. The van der Waals surface area contributed by atoms with Crippen LogP contribution in [0.2, 0.25) is 0 Å². The van der Waals surface area contributed by atoms with E-state index in [4.69, 9.17) is 4.74 Å². The highest BCUT2D eigenvalue weighted by Crippen LogP contribution is 2.17. The maximum Gasteiger partial charge on any atom is 0.126 e. The summed E-state index contributed by atoms with van der Waals surface area (Å²) in [6.07, 6.45) is 4.34. The standard InChI is InChI=1S/C16H26FNO/c1-3-4-7-14(13-18-10-11-19-2)12-15-8-5-6-9-16(15)17/h5-6,8-9,14,18H,3-4,7,10-13H2,1-2H3. The van der Waals surface area contributed by atoms with Crippen LogP contribution in [0.15, 0.2) is 24.3 Å². The van der Waals surface area contributed by atoms with Crippen LogP contribution < -0.4 is 5.32 Å². The molecule has 0 aromatic heterocycles. The molecule has 1 N–H and O–H groups in total. The van der Waals surface area contributed by atoms with Gasteiger partial charge in [0.1, 0.15) is 5.82 Å². The van der Waals surface area contributed by atoms with E-state index < -0.39 is 0 Å². The average molecular weight is 267 g/mol. The highest BCUT2D eigenvalue weighted by atomic mass is 19.1. The van der Waals surface area contributed by atoms with E-state index in [1.165, 1.54) is 12.8 Å². The normalized spacial score (nSPS) is 12.6. The van der Waals surface area contributed by atoms with E-state index in [9.17, 15) is 4.39 Å². The van der Waals surface area contributed by atoms with Crippen LogP contribution in [-0.2, 0) is 11.2 Å². The van der Waals surface area contributed by atoms with Gasteiger partial charge in [0.15, 0.2) is 0 Å². The second kappa shape index (κ2) is 9.93. The second-order valence-electron chi connectivity index (χ2n) is 5.00. The van der Waals surface area contributed by atoms with Gasteiger partial charge in [-0.1, -0.05) is 38.0 Å². The summed E-state index contributed by atoms with van der Waals surface area (Å²) >= 11 is 0. The van der Waals surface area contributed by atoms with Crippen LogP contribution in [0.5, 0.6) is 0 Å². The Morgan fingerprint density at radius 3 is 2.79 bits per heavy atom. The van der Waals surface area contributed by atoms with Crippen molar-refractivity contribution in [2.45, 2.75) is 32.6 Å². The molecule has 0 saturated carbocycles. The van der Waals surface area contributed by atoms with Gasteiger partial charge in [-0.25, -0.2) is 4.39 Å². The molecule has 2 nitrogen and oxygen atoms in total. The maximum absolute atomic E-state index is 13.7. The fourth-order valence-electron chi connectivity index (χ4n) is 2.22. The Labute approximate surface area is 116 Å². The van der Waals surface area contributed by atoms with Crippen LogP contribution in [0.3, 0.4) is 0 Å². The molecule has 1 aromatic rings. The first kappa shape index (κ1) is 16.1. The lowest BCUT2D eigenvalue weighted by molar-refractivity contribution is 0.197. The molecule has 0 spiro atoms. The Morgan fingerprint density at radius 2 is 2.11 bits per heavy atom. The van der Waals surface area contributed by atoms with Crippen LogP contribution in [0.4, 0.5) is 4.39 Å². The van der Waals surface area contributed by atoms with Gasteiger partial charge in [-0.3, -0.25) is 0 Å². The van der Waals surface area contributed by atoms with Gasteiger partial charge in [0.05, 0.1) is 6.61 Å². The number of ether oxygens (including phenoxy) is 1. The summed E-state index contributed by atoms with van der Waals surface area (Å²) in [6.45, 7) is 4.70. The number of nitrogens with one attached hydrogen (secondary N) is 1. The third-order valence-corrected chi connectivity index (χ3v) is 3.35. The Kier molecular flexibility index (Phi) is 8.43. The SMILES string of the molecule is CCCCC(CNCCOC)Cc1ccccc1F. The number of unbranched alkanes of at least 4 members (excludes halogenated alkanes) is 1. The summed E-state index contributed by atoms with van der Waals surface area (Å²) in [7, 11) is 1.70. The predicted octanol–water partition coefficient (Wildman–Crippen LogP) is 3.41. The molecule has 3 heteroatoms. The highest BCUT2D eigenvalue weighted by Gasteiger charge is 2.11. The molecule has 1 aromatic carbocycles. The predicted molar refractivity (Wildman–Crippen MR) is 77.9 cm³/mol. The second-order valence-corrected chi connectivity index (χ2v) is 5.00. The van der Waals surface area contributed by atoms with Crippen molar-refractivity contribution < 1.29 is 9.13 Å². The molecule has 0 radical (unpaired) electrons. The molecular formula is C16H26FNO. The topological polar surface area (TPSA) is 21.3 Å². The Morgan fingerprint density at radius 1 is 1.32 bits per heavy atom. The van der Waals surface area contributed by atoms with Crippen molar-refractivity contribution in [3.63, 3.8) is 0 Å². The van der Waals surface area contributed by atoms with Gasteiger partial charge < -0.3 is 10.1 Å². The van der Waals surface area contributed by atoms with Gasteiger partial charge in [0, 0.05) is 13.7 Å². The summed E-state index contributed by atoms with van der Waals surface area (Å²) in [5, 5.41) is 3.39. The van der Waals surface area contributed by atoms with Crippen molar-refractivity contribution in [1.29, 1.82) is 0 Å². The van der Waals surface area contributed by atoms with Crippen LogP contribution in [-0.4, -0.2) is 26.8 Å². The minimum absolute atomic E-state index is 0.0825. The summed E-state index contributed by atoms with van der Waals surface area (Å²) in [6, 6.07) is 7.10. The molecule has 0 aliphatic carbocycles. The fourth-order valence-corrected chi connectivity index (χ4v) is 2.22. The Bertz CT molecular complexity index is 343. The molecule has 0 aliphatic heterocycles. The number of benzene rings is 1.